The van der Waals surface area contributed by atoms with Crippen molar-refractivity contribution in [3.8, 4) is 0 Å². The summed E-state index contributed by atoms with van der Waals surface area (Å²) in [6.45, 7) is 2.79. The van der Waals surface area contributed by atoms with Gasteiger partial charge in [-0.2, -0.15) is 0 Å². The molecule has 0 aromatic heterocycles. The molecule has 104 valence electrons. The Balaban J connectivity index is 3.16. The number of hydrogen-bond acceptors (Lipinski definition) is 4. The van der Waals surface area contributed by atoms with Gasteiger partial charge in [0.25, 0.3) is 5.91 Å². The van der Waals surface area contributed by atoms with E-state index in [0.29, 0.717) is 23.5 Å². The highest BCUT2D eigenvalue weighted by molar-refractivity contribution is 6.00. The number of nitrogens with zero attached hydrogens (tertiary/aromatic N) is 1. The van der Waals surface area contributed by atoms with Gasteiger partial charge in [0.15, 0.2) is 0 Å². The number of primary amides is 1. The van der Waals surface area contributed by atoms with Crippen LogP contribution in [0, 0.1) is 0 Å². The second-order valence-electron chi connectivity index (χ2n) is 4.24. The Hall–Kier alpha value is -2.24. The Morgan fingerprint density at radius 3 is 2.58 bits per heavy atom. The average Bonchev–Trinajstić information content (AvgIpc) is 2.37. The van der Waals surface area contributed by atoms with Gasteiger partial charge in [-0.05, 0) is 24.6 Å². The maximum Gasteiger partial charge on any atom is 0.250 e. The van der Waals surface area contributed by atoms with Crippen molar-refractivity contribution in [2.75, 3.05) is 30.8 Å². The smallest absolute Gasteiger partial charge is 0.250 e. The topological polar surface area (TPSA) is 101 Å². The van der Waals surface area contributed by atoms with E-state index in [9.17, 15) is 9.59 Å². The highest BCUT2D eigenvalue weighted by atomic mass is 16.2. The summed E-state index contributed by atoms with van der Waals surface area (Å²) in [7, 11) is 1.57. The van der Waals surface area contributed by atoms with E-state index in [1.165, 1.54) is 0 Å². The SMILES string of the molecule is CCCN(CC(=O)NC)c1cc(N)ccc1C(N)=O. The molecule has 1 rings (SSSR count). The van der Waals surface area contributed by atoms with E-state index in [-0.39, 0.29) is 12.5 Å². The first kappa shape index (κ1) is 14.8. The minimum atomic E-state index is -0.534. The number of nitrogen functional groups attached to an aromatic ring is 1. The van der Waals surface area contributed by atoms with Gasteiger partial charge in [0, 0.05) is 19.3 Å². The number of amides is 2. The van der Waals surface area contributed by atoms with Gasteiger partial charge in [-0.15, -0.1) is 0 Å². The first-order valence-corrected chi connectivity index (χ1v) is 6.14. The van der Waals surface area contributed by atoms with Crippen molar-refractivity contribution in [2.24, 2.45) is 5.73 Å². The number of carbonyl (C=O) groups is 2. The predicted octanol–water partition coefficient (Wildman–Crippen LogP) is 0.330. The second-order valence-corrected chi connectivity index (χ2v) is 4.24. The minimum Gasteiger partial charge on any atom is -0.399 e. The lowest BCUT2D eigenvalue weighted by atomic mass is 10.1. The number of anilines is 2. The molecular weight excluding hydrogens is 244 g/mol. The number of nitrogens with one attached hydrogen (secondary N) is 1. The lowest BCUT2D eigenvalue weighted by Crippen LogP contribution is -2.37. The zero-order valence-electron chi connectivity index (χ0n) is 11.3. The van der Waals surface area contributed by atoms with Crippen molar-refractivity contribution < 1.29 is 9.59 Å². The molecule has 0 fully saturated rings. The minimum absolute atomic E-state index is 0.133. The van der Waals surface area contributed by atoms with E-state index >= 15 is 0 Å². The average molecular weight is 264 g/mol. The van der Waals surface area contributed by atoms with Crippen LogP contribution in [-0.2, 0) is 4.79 Å². The van der Waals surface area contributed by atoms with E-state index in [0.717, 1.165) is 6.42 Å². The third kappa shape index (κ3) is 3.87. The lowest BCUT2D eigenvalue weighted by Gasteiger charge is -2.25. The molecule has 19 heavy (non-hydrogen) atoms. The Kier molecular flexibility index (Phi) is 5.17. The molecule has 0 saturated carbocycles. The van der Waals surface area contributed by atoms with Gasteiger partial charge in [0.05, 0.1) is 17.8 Å². The van der Waals surface area contributed by atoms with Gasteiger partial charge in [-0.25, -0.2) is 0 Å². The largest absolute Gasteiger partial charge is 0.399 e. The molecule has 0 atom stereocenters. The summed E-state index contributed by atoms with van der Waals surface area (Å²) in [4.78, 5) is 24.8. The summed E-state index contributed by atoms with van der Waals surface area (Å²) in [6, 6.07) is 4.87. The highest BCUT2D eigenvalue weighted by Crippen LogP contribution is 2.23. The summed E-state index contributed by atoms with van der Waals surface area (Å²) >= 11 is 0. The van der Waals surface area contributed by atoms with Crippen LogP contribution in [0.25, 0.3) is 0 Å². The van der Waals surface area contributed by atoms with Crippen molar-refractivity contribution in [3.05, 3.63) is 23.8 Å². The summed E-state index contributed by atoms with van der Waals surface area (Å²) in [5.74, 6) is -0.667. The molecule has 0 aliphatic heterocycles. The van der Waals surface area contributed by atoms with E-state index in [1.54, 1.807) is 30.1 Å². The fourth-order valence-corrected chi connectivity index (χ4v) is 1.83. The number of likely N-dealkylation sites (N-methyl/N-ethyl adjacent to an activating group) is 1. The molecule has 0 aliphatic carbocycles. The molecule has 0 unspecified atom stereocenters. The Bertz CT molecular complexity index is 474. The van der Waals surface area contributed by atoms with Gasteiger partial charge in [-0.3, -0.25) is 9.59 Å². The Morgan fingerprint density at radius 1 is 1.37 bits per heavy atom. The Labute approximate surface area is 112 Å². The van der Waals surface area contributed by atoms with Crippen molar-refractivity contribution in [3.63, 3.8) is 0 Å². The van der Waals surface area contributed by atoms with Crippen LogP contribution in [0.3, 0.4) is 0 Å². The van der Waals surface area contributed by atoms with E-state index in [1.807, 2.05) is 6.92 Å². The standard InChI is InChI=1S/C13H20N4O2/c1-3-6-17(8-12(18)16-2)11-7-9(14)4-5-10(11)13(15)19/h4-5,7H,3,6,8,14H2,1-2H3,(H2,15,19)(H,16,18). The molecular formula is C13H20N4O2. The molecule has 2 amide bonds. The van der Waals surface area contributed by atoms with Crippen molar-refractivity contribution in [2.45, 2.75) is 13.3 Å². The molecule has 6 heteroatoms. The molecule has 1 aromatic carbocycles. The van der Waals surface area contributed by atoms with Crippen LogP contribution >= 0.6 is 0 Å². The fourth-order valence-electron chi connectivity index (χ4n) is 1.83. The van der Waals surface area contributed by atoms with E-state index < -0.39 is 5.91 Å². The molecule has 0 saturated heterocycles. The summed E-state index contributed by atoms with van der Waals surface area (Å²) in [5, 5.41) is 2.56. The first-order chi connectivity index (χ1) is 8.99. The van der Waals surface area contributed by atoms with Crippen molar-refractivity contribution >= 4 is 23.2 Å². The monoisotopic (exact) mass is 264 g/mol. The maximum atomic E-state index is 11.5. The van der Waals surface area contributed by atoms with E-state index in [2.05, 4.69) is 5.32 Å². The zero-order valence-corrected chi connectivity index (χ0v) is 11.3. The summed E-state index contributed by atoms with van der Waals surface area (Å²) in [6.07, 6.45) is 0.837. The fraction of sp³-hybridized carbons (Fsp3) is 0.385. The molecule has 0 radical (unpaired) electrons. The Morgan fingerprint density at radius 2 is 2.05 bits per heavy atom. The van der Waals surface area contributed by atoms with Crippen molar-refractivity contribution in [1.82, 2.24) is 5.32 Å². The molecule has 6 nitrogen and oxygen atoms in total. The molecule has 0 bridgehead atoms. The molecule has 0 heterocycles. The van der Waals surface area contributed by atoms with Crippen LogP contribution in [-0.4, -0.2) is 32.0 Å². The lowest BCUT2D eigenvalue weighted by molar-refractivity contribution is -0.119. The van der Waals surface area contributed by atoms with Crippen LogP contribution in [0.1, 0.15) is 23.7 Å². The van der Waals surface area contributed by atoms with Crippen LogP contribution < -0.4 is 21.7 Å². The molecule has 5 N–H and O–H groups in total. The van der Waals surface area contributed by atoms with Gasteiger partial charge < -0.3 is 21.7 Å². The van der Waals surface area contributed by atoms with Crippen LogP contribution in [0.2, 0.25) is 0 Å². The van der Waals surface area contributed by atoms with Gasteiger partial charge in [-0.1, -0.05) is 6.92 Å². The van der Waals surface area contributed by atoms with Gasteiger partial charge in [0.2, 0.25) is 5.91 Å². The third-order valence-electron chi connectivity index (χ3n) is 2.73. The molecule has 0 spiro atoms. The van der Waals surface area contributed by atoms with Crippen molar-refractivity contribution in [1.29, 1.82) is 0 Å². The second kappa shape index (κ2) is 6.63. The highest BCUT2D eigenvalue weighted by Gasteiger charge is 2.16. The number of rotatable bonds is 6. The quantitative estimate of drug-likeness (QED) is 0.644. The van der Waals surface area contributed by atoms with E-state index in [4.69, 9.17) is 11.5 Å². The maximum absolute atomic E-state index is 11.5. The molecule has 1 aromatic rings. The normalized spacial score (nSPS) is 10.0. The summed E-state index contributed by atoms with van der Waals surface area (Å²) < 4.78 is 0. The number of nitrogens with two attached hydrogens (primary N) is 2. The van der Waals surface area contributed by atoms with Gasteiger partial charge >= 0.3 is 0 Å². The number of carbonyl (C=O) groups excluding carboxylic acids is 2. The first-order valence-electron chi connectivity index (χ1n) is 6.14. The number of benzene rings is 1. The third-order valence-corrected chi connectivity index (χ3v) is 2.73. The van der Waals surface area contributed by atoms with Crippen LogP contribution in [0.15, 0.2) is 18.2 Å². The predicted molar refractivity (Wildman–Crippen MR) is 75.9 cm³/mol. The summed E-state index contributed by atoms with van der Waals surface area (Å²) in [5.41, 5.74) is 12.6. The van der Waals surface area contributed by atoms with Gasteiger partial charge in [0.1, 0.15) is 0 Å². The zero-order chi connectivity index (χ0) is 14.4. The van der Waals surface area contributed by atoms with Crippen LogP contribution in [0.5, 0.6) is 0 Å². The number of hydrogen-bond donors (Lipinski definition) is 3. The van der Waals surface area contributed by atoms with Crippen LogP contribution in [0.4, 0.5) is 11.4 Å². The molecule has 0 aliphatic rings.